The number of nitriles is 1. The van der Waals surface area contributed by atoms with Gasteiger partial charge in [-0.15, -0.1) is 0 Å². The van der Waals surface area contributed by atoms with E-state index in [9.17, 15) is 14.0 Å². The lowest BCUT2D eigenvalue weighted by Gasteiger charge is -2.38. The summed E-state index contributed by atoms with van der Waals surface area (Å²) < 4.78 is 15.1. The number of hydrogen-bond acceptors (Lipinski definition) is 4. The van der Waals surface area contributed by atoms with Gasteiger partial charge in [-0.25, -0.2) is 4.39 Å². The van der Waals surface area contributed by atoms with Crippen LogP contribution in [0.2, 0.25) is 0 Å². The highest BCUT2D eigenvalue weighted by Crippen LogP contribution is 2.36. The average molecular weight is 355 g/mol. The fourth-order valence-electron chi connectivity index (χ4n) is 3.27. The Balaban J connectivity index is 1.84. The van der Waals surface area contributed by atoms with Crippen molar-refractivity contribution in [3.8, 4) is 6.07 Å². The molecule has 0 bridgehead atoms. The number of rotatable bonds is 4. The lowest BCUT2D eigenvalue weighted by molar-refractivity contribution is -0.140. The Morgan fingerprint density at radius 1 is 1.46 bits per heavy atom. The van der Waals surface area contributed by atoms with Crippen molar-refractivity contribution in [1.29, 1.82) is 5.26 Å². The summed E-state index contributed by atoms with van der Waals surface area (Å²) in [5.74, 6) is -0.978. The molecule has 0 radical (unpaired) electrons. The van der Waals surface area contributed by atoms with Crippen LogP contribution in [0.25, 0.3) is 0 Å². The van der Waals surface area contributed by atoms with Crippen LogP contribution >= 0.6 is 0 Å². The minimum Gasteiger partial charge on any atom is -0.338 e. The maximum absolute atomic E-state index is 13.7. The largest absolute Gasteiger partial charge is 0.338 e. The summed E-state index contributed by atoms with van der Waals surface area (Å²) in [6.45, 7) is 0.0858. The lowest BCUT2D eigenvalue weighted by Crippen LogP contribution is -2.44. The van der Waals surface area contributed by atoms with Crippen LogP contribution < -0.4 is 5.32 Å². The molecule has 2 atom stereocenters. The third-order valence-electron chi connectivity index (χ3n) is 4.51. The SMILES string of the molecule is CN1C(=O)CCC(C(=O)Nc2ccn(CC#N)n2)C1c1cccc(F)c1. The van der Waals surface area contributed by atoms with Crippen LogP contribution in [0.3, 0.4) is 0 Å². The fraction of sp³-hybridized carbons (Fsp3) is 0.333. The second-order valence-electron chi connectivity index (χ2n) is 6.20. The van der Waals surface area contributed by atoms with E-state index in [0.29, 0.717) is 17.8 Å². The Hall–Kier alpha value is -3.21. The van der Waals surface area contributed by atoms with Crippen LogP contribution in [0.15, 0.2) is 36.5 Å². The van der Waals surface area contributed by atoms with Crippen molar-refractivity contribution < 1.29 is 14.0 Å². The summed E-state index contributed by atoms with van der Waals surface area (Å²) in [6.07, 6.45) is 2.22. The number of piperidine rings is 1. The van der Waals surface area contributed by atoms with Crippen molar-refractivity contribution in [1.82, 2.24) is 14.7 Å². The minimum absolute atomic E-state index is 0.0818. The van der Waals surface area contributed by atoms with Crippen molar-refractivity contribution in [2.45, 2.75) is 25.4 Å². The zero-order valence-corrected chi connectivity index (χ0v) is 14.2. The number of benzene rings is 1. The number of carbonyl (C=O) groups is 2. The first-order chi connectivity index (χ1) is 12.5. The zero-order valence-electron chi connectivity index (χ0n) is 14.2. The molecule has 1 aliphatic rings. The molecule has 2 unspecified atom stereocenters. The number of halogens is 1. The molecule has 2 heterocycles. The summed E-state index contributed by atoms with van der Waals surface area (Å²) >= 11 is 0. The topological polar surface area (TPSA) is 91.0 Å². The Labute approximate surface area is 150 Å². The fourth-order valence-corrected chi connectivity index (χ4v) is 3.27. The quantitative estimate of drug-likeness (QED) is 0.909. The van der Waals surface area contributed by atoms with Gasteiger partial charge in [0.05, 0.1) is 18.0 Å². The second kappa shape index (κ2) is 7.35. The zero-order chi connectivity index (χ0) is 18.7. The summed E-state index contributed by atoms with van der Waals surface area (Å²) in [5, 5.41) is 15.5. The van der Waals surface area contributed by atoms with Gasteiger partial charge in [0.2, 0.25) is 11.8 Å². The smallest absolute Gasteiger partial charge is 0.231 e. The van der Waals surface area contributed by atoms with E-state index in [4.69, 9.17) is 5.26 Å². The van der Waals surface area contributed by atoms with Gasteiger partial charge in [-0.05, 0) is 24.1 Å². The Bertz CT molecular complexity index is 872. The molecule has 7 nitrogen and oxygen atoms in total. The van der Waals surface area contributed by atoms with Crippen molar-refractivity contribution >= 4 is 17.6 Å². The van der Waals surface area contributed by atoms with Gasteiger partial charge >= 0.3 is 0 Å². The van der Waals surface area contributed by atoms with Crippen molar-refractivity contribution in [3.05, 3.63) is 47.9 Å². The number of nitrogens with zero attached hydrogens (tertiary/aromatic N) is 4. The second-order valence-corrected chi connectivity index (χ2v) is 6.20. The summed E-state index contributed by atoms with van der Waals surface area (Å²) in [4.78, 5) is 26.4. The third kappa shape index (κ3) is 3.57. The maximum Gasteiger partial charge on any atom is 0.231 e. The van der Waals surface area contributed by atoms with Gasteiger partial charge < -0.3 is 10.2 Å². The average Bonchev–Trinajstić information content (AvgIpc) is 3.04. The molecule has 1 aromatic carbocycles. The molecule has 1 saturated heterocycles. The van der Waals surface area contributed by atoms with Crippen molar-refractivity contribution in [3.63, 3.8) is 0 Å². The summed E-state index contributed by atoms with van der Waals surface area (Å²) in [5.41, 5.74) is 0.579. The van der Waals surface area contributed by atoms with Gasteiger partial charge in [0.1, 0.15) is 12.4 Å². The number of amides is 2. The Kier molecular flexibility index (Phi) is 4.98. The van der Waals surface area contributed by atoms with Crippen molar-refractivity contribution in [2.75, 3.05) is 12.4 Å². The number of carbonyl (C=O) groups excluding carboxylic acids is 2. The standard InChI is InChI=1S/C18H18FN5O2/c1-23-16(25)6-5-14(17(23)12-3-2-4-13(19)11-12)18(26)21-15-7-9-24(22-15)10-8-20/h2-4,7,9,11,14,17H,5-6,10H2,1H3,(H,21,22,26). The number of hydrogen-bond donors (Lipinski definition) is 1. The highest BCUT2D eigenvalue weighted by atomic mass is 19.1. The van der Waals surface area contributed by atoms with Gasteiger partial charge in [-0.3, -0.25) is 14.3 Å². The Morgan fingerprint density at radius 2 is 2.27 bits per heavy atom. The molecule has 0 saturated carbocycles. The first kappa shape index (κ1) is 17.6. The van der Waals surface area contributed by atoms with E-state index >= 15 is 0 Å². The van der Waals surface area contributed by atoms with Gasteiger partial charge in [-0.2, -0.15) is 10.4 Å². The Morgan fingerprint density at radius 3 is 3.00 bits per heavy atom. The third-order valence-corrected chi connectivity index (χ3v) is 4.51. The highest BCUT2D eigenvalue weighted by molar-refractivity contribution is 5.94. The van der Waals surface area contributed by atoms with Crippen LogP contribution in [-0.2, 0) is 16.1 Å². The number of nitrogens with one attached hydrogen (secondary N) is 1. The molecular weight excluding hydrogens is 337 g/mol. The highest BCUT2D eigenvalue weighted by Gasteiger charge is 2.39. The molecule has 1 aliphatic heterocycles. The molecule has 2 amide bonds. The van der Waals surface area contributed by atoms with E-state index in [2.05, 4.69) is 10.4 Å². The molecular formula is C18H18FN5O2. The molecule has 2 aromatic rings. The molecule has 1 fully saturated rings. The number of anilines is 1. The van der Waals surface area contributed by atoms with E-state index in [1.165, 1.54) is 21.7 Å². The number of likely N-dealkylation sites (tertiary alicyclic amines) is 1. The van der Waals surface area contributed by atoms with Crippen LogP contribution in [0.4, 0.5) is 10.2 Å². The normalized spacial score (nSPS) is 19.9. The maximum atomic E-state index is 13.7. The summed E-state index contributed by atoms with van der Waals surface area (Å²) in [7, 11) is 1.62. The molecule has 0 spiro atoms. The van der Waals surface area contributed by atoms with E-state index in [1.807, 2.05) is 6.07 Å². The van der Waals surface area contributed by atoms with Gasteiger partial charge in [0, 0.05) is 25.7 Å². The van der Waals surface area contributed by atoms with Crippen LogP contribution in [0, 0.1) is 23.1 Å². The van der Waals surface area contributed by atoms with E-state index in [1.54, 1.807) is 31.4 Å². The van der Waals surface area contributed by atoms with Crippen molar-refractivity contribution in [2.24, 2.45) is 5.92 Å². The molecule has 1 N–H and O–H groups in total. The molecule has 3 rings (SSSR count). The molecule has 0 aliphatic carbocycles. The summed E-state index contributed by atoms with van der Waals surface area (Å²) in [6, 6.07) is 8.97. The molecule has 134 valence electrons. The van der Waals surface area contributed by atoms with Gasteiger partial charge in [-0.1, -0.05) is 12.1 Å². The first-order valence-corrected chi connectivity index (χ1v) is 8.22. The van der Waals surface area contributed by atoms with E-state index in [0.717, 1.165) is 0 Å². The van der Waals surface area contributed by atoms with Crippen LogP contribution in [-0.4, -0.2) is 33.5 Å². The molecule has 8 heteroatoms. The van der Waals surface area contributed by atoms with Gasteiger partial charge in [0.25, 0.3) is 0 Å². The number of aromatic nitrogens is 2. The van der Waals surface area contributed by atoms with Crippen LogP contribution in [0.1, 0.15) is 24.4 Å². The van der Waals surface area contributed by atoms with E-state index in [-0.39, 0.29) is 24.8 Å². The monoisotopic (exact) mass is 355 g/mol. The minimum atomic E-state index is -0.548. The predicted octanol–water partition coefficient (Wildman–Crippen LogP) is 2.09. The van der Waals surface area contributed by atoms with Crippen LogP contribution in [0.5, 0.6) is 0 Å². The lowest BCUT2D eigenvalue weighted by atomic mass is 9.84. The molecule has 26 heavy (non-hydrogen) atoms. The van der Waals surface area contributed by atoms with Gasteiger partial charge in [0.15, 0.2) is 5.82 Å². The predicted molar refractivity (Wildman–Crippen MR) is 91.1 cm³/mol. The van der Waals surface area contributed by atoms with E-state index < -0.39 is 17.8 Å². The first-order valence-electron chi connectivity index (χ1n) is 8.22. The molecule has 1 aromatic heterocycles.